The number of hydrogen-bond donors (Lipinski definition) is 2. The molecule has 0 aliphatic carbocycles. The van der Waals surface area contributed by atoms with Crippen LogP contribution in [-0.2, 0) is 11.2 Å². The predicted octanol–water partition coefficient (Wildman–Crippen LogP) is 1.84. The van der Waals surface area contributed by atoms with E-state index in [1.807, 2.05) is 6.92 Å². The summed E-state index contributed by atoms with van der Waals surface area (Å²) in [6, 6.07) is 4.32. The first kappa shape index (κ1) is 13.2. The number of carbonyl (C=O) groups is 1. The van der Waals surface area contributed by atoms with Crippen molar-refractivity contribution in [3.05, 3.63) is 21.9 Å². The zero-order valence-corrected chi connectivity index (χ0v) is 11.1. The lowest BCUT2D eigenvalue weighted by Crippen LogP contribution is -2.51. The van der Waals surface area contributed by atoms with Crippen molar-refractivity contribution in [1.82, 2.24) is 5.32 Å². The number of rotatable bonds is 4. The molecule has 1 aromatic heterocycles. The van der Waals surface area contributed by atoms with E-state index in [2.05, 4.69) is 24.4 Å². The van der Waals surface area contributed by atoms with Gasteiger partial charge in [0.05, 0.1) is 5.54 Å². The van der Waals surface area contributed by atoms with Gasteiger partial charge in [-0.05, 0) is 39.8 Å². The molecule has 0 saturated carbocycles. The SMILES string of the molecule is Cc1ccc(CC(C)NC(=O)C(C)(C)N)s1. The second-order valence-corrected chi connectivity index (χ2v) is 6.19. The second-order valence-electron chi connectivity index (χ2n) is 4.81. The summed E-state index contributed by atoms with van der Waals surface area (Å²) in [6.45, 7) is 7.51. The van der Waals surface area contributed by atoms with E-state index >= 15 is 0 Å². The van der Waals surface area contributed by atoms with Gasteiger partial charge in [-0.25, -0.2) is 0 Å². The van der Waals surface area contributed by atoms with Crippen molar-refractivity contribution >= 4 is 17.2 Å². The molecule has 0 radical (unpaired) electrons. The molecular formula is C12H20N2OS. The van der Waals surface area contributed by atoms with Crippen molar-refractivity contribution in [1.29, 1.82) is 0 Å². The van der Waals surface area contributed by atoms with Gasteiger partial charge in [-0.15, -0.1) is 11.3 Å². The summed E-state index contributed by atoms with van der Waals surface area (Å²) in [4.78, 5) is 14.2. The summed E-state index contributed by atoms with van der Waals surface area (Å²) in [7, 11) is 0. The van der Waals surface area contributed by atoms with Crippen molar-refractivity contribution in [2.45, 2.75) is 45.7 Å². The zero-order valence-electron chi connectivity index (χ0n) is 10.3. The molecule has 1 amide bonds. The number of nitrogens with one attached hydrogen (secondary N) is 1. The maximum absolute atomic E-state index is 11.6. The largest absolute Gasteiger partial charge is 0.352 e. The van der Waals surface area contributed by atoms with Gasteiger partial charge in [-0.3, -0.25) is 4.79 Å². The van der Waals surface area contributed by atoms with Crippen LogP contribution >= 0.6 is 11.3 Å². The lowest BCUT2D eigenvalue weighted by atomic mass is 10.1. The maximum Gasteiger partial charge on any atom is 0.239 e. The third kappa shape index (κ3) is 3.94. The molecule has 1 heterocycles. The number of nitrogens with two attached hydrogens (primary N) is 1. The summed E-state index contributed by atoms with van der Waals surface area (Å²) in [5.74, 6) is -0.103. The molecule has 3 N–H and O–H groups in total. The molecule has 90 valence electrons. The molecule has 1 rings (SSSR count). The molecule has 0 aromatic carbocycles. The number of hydrogen-bond acceptors (Lipinski definition) is 3. The lowest BCUT2D eigenvalue weighted by Gasteiger charge is -2.21. The monoisotopic (exact) mass is 240 g/mol. The highest BCUT2D eigenvalue weighted by molar-refractivity contribution is 7.11. The Morgan fingerprint density at radius 2 is 2.19 bits per heavy atom. The van der Waals surface area contributed by atoms with Crippen LogP contribution in [-0.4, -0.2) is 17.5 Å². The molecule has 0 aliphatic heterocycles. The zero-order chi connectivity index (χ0) is 12.3. The molecule has 1 unspecified atom stereocenters. The number of aryl methyl sites for hydroxylation is 1. The summed E-state index contributed by atoms with van der Waals surface area (Å²) in [6.07, 6.45) is 0.861. The molecule has 1 atom stereocenters. The Hall–Kier alpha value is -0.870. The van der Waals surface area contributed by atoms with Gasteiger partial charge in [0.2, 0.25) is 5.91 Å². The van der Waals surface area contributed by atoms with Crippen LogP contribution < -0.4 is 11.1 Å². The molecule has 4 heteroatoms. The molecule has 3 nitrogen and oxygen atoms in total. The fraction of sp³-hybridized carbons (Fsp3) is 0.583. The van der Waals surface area contributed by atoms with Gasteiger partial charge in [0.25, 0.3) is 0 Å². The van der Waals surface area contributed by atoms with E-state index < -0.39 is 5.54 Å². The second kappa shape index (κ2) is 4.97. The fourth-order valence-electron chi connectivity index (χ4n) is 1.36. The first-order valence-electron chi connectivity index (χ1n) is 5.44. The average Bonchev–Trinajstić information content (AvgIpc) is 2.49. The highest BCUT2D eigenvalue weighted by Gasteiger charge is 2.23. The van der Waals surface area contributed by atoms with Crippen LogP contribution in [0.1, 0.15) is 30.5 Å². The van der Waals surface area contributed by atoms with Gasteiger partial charge in [-0.2, -0.15) is 0 Å². The van der Waals surface area contributed by atoms with Crippen LogP contribution in [0.5, 0.6) is 0 Å². The summed E-state index contributed by atoms with van der Waals surface area (Å²) in [5, 5.41) is 2.92. The Morgan fingerprint density at radius 3 is 2.62 bits per heavy atom. The molecule has 0 spiro atoms. The maximum atomic E-state index is 11.6. The smallest absolute Gasteiger partial charge is 0.239 e. The van der Waals surface area contributed by atoms with E-state index in [0.717, 1.165) is 6.42 Å². The van der Waals surface area contributed by atoms with Gasteiger partial charge in [-0.1, -0.05) is 0 Å². The van der Waals surface area contributed by atoms with E-state index in [-0.39, 0.29) is 11.9 Å². The van der Waals surface area contributed by atoms with Crippen molar-refractivity contribution in [2.75, 3.05) is 0 Å². The molecule has 0 aliphatic rings. The third-order valence-electron chi connectivity index (χ3n) is 2.27. The van der Waals surface area contributed by atoms with Crippen molar-refractivity contribution in [3.63, 3.8) is 0 Å². The normalized spacial score (nSPS) is 13.6. The third-order valence-corrected chi connectivity index (χ3v) is 3.29. The first-order chi connectivity index (χ1) is 7.29. The van der Waals surface area contributed by atoms with E-state index in [4.69, 9.17) is 5.73 Å². The van der Waals surface area contributed by atoms with Crippen molar-refractivity contribution in [2.24, 2.45) is 5.73 Å². The van der Waals surface area contributed by atoms with E-state index in [0.29, 0.717) is 0 Å². The summed E-state index contributed by atoms with van der Waals surface area (Å²) in [5.41, 5.74) is 4.91. The molecule has 1 aromatic rings. The van der Waals surface area contributed by atoms with E-state index in [1.54, 1.807) is 25.2 Å². The molecule has 0 fully saturated rings. The highest BCUT2D eigenvalue weighted by atomic mass is 32.1. The van der Waals surface area contributed by atoms with Crippen LogP contribution in [0.15, 0.2) is 12.1 Å². The number of amides is 1. The number of thiophene rings is 1. The Bertz CT molecular complexity index is 365. The Morgan fingerprint density at radius 1 is 1.56 bits per heavy atom. The minimum absolute atomic E-state index is 0.103. The standard InChI is InChI=1S/C12H20N2OS/c1-8(14-11(15)12(3,4)13)7-10-6-5-9(2)16-10/h5-6,8H,7,13H2,1-4H3,(H,14,15). The first-order valence-corrected chi connectivity index (χ1v) is 6.26. The quantitative estimate of drug-likeness (QED) is 0.843. The van der Waals surface area contributed by atoms with E-state index in [9.17, 15) is 4.79 Å². The predicted molar refractivity (Wildman–Crippen MR) is 68.6 cm³/mol. The minimum Gasteiger partial charge on any atom is -0.352 e. The summed E-state index contributed by atoms with van der Waals surface area (Å²) >= 11 is 1.77. The number of carbonyl (C=O) groups excluding carboxylic acids is 1. The lowest BCUT2D eigenvalue weighted by molar-refractivity contribution is -0.125. The van der Waals surface area contributed by atoms with Gasteiger partial charge < -0.3 is 11.1 Å². The molecule has 16 heavy (non-hydrogen) atoms. The van der Waals surface area contributed by atoms with Crippen LogP contribution in [0.2, 0.25) is 0 Å². The van der Waals surface area contributed by atoms with Gasteiger partial charge in [0, 0.05) is 22.2 Å². The van der Waals surface area contributed by atoms with E-state index in [1.165, 1.54) is 9.75 Å². The van der Waals surface area contributed by atoms with Gasteiger partial charge in [0.1, 0.15) is 0 Å². The van der Waals surface area contributed by atoms with Crippen LogP contribution in [0.3, 0.4) is 0 Å². The molecule has 0 bridgehead atoms. The van der Waals surface area contributed by atoms with Crippen molar-refractivity contribution in [3.8, 4) is 0 Å². The highest BCUT2D eigenvalue weighted by Crippen LogP contribution is 2.16. The van der Waals surface area contributed by atoms with Gasteiger partial charge >= 0.3 is 0 Å². The average molecular weight is 240 g/mol. The van der Waals surface area contributed by atoms with Gasteiger partial charge in [0.15, 0.2) is 0 Å². The van der Waals surface area contributed by atoms with Crippen LogP contribution in [0, 0.1) is 6.92 Å². The molecular weight excluding hydrogens is 220 g/mol. The molecule has 0 saturated heterocycles. The minimum atomic E-state index is -0.806. The summed E-state index contributed by atoms with van der Waals surface area (Å²) < 4.78 is 0. The Labute approximate surface area is 101 Å². The van der Waals surface area contributed by atoms with Crippen LogP contribution in [0.25, 0.3) is 0 Å². The van der Waals surface area contributed by atoms with Crippen LogP contribution in [0.4, 0.5) is 0 Å². The topological polar surface area (TPSA) is 55.1 Å². The Balaban J connectivity index is 2.48. The Kier molecular flexibility index (Phi) is 4.10. The fourth-order valence-corrected chi connectivity index (χ4v) is 2.38. The van der Waals surface area contributed by atoms with Crippen molar-refractivity contribution < 1.29 is 4.79 Å².